The van der Waals surface area contributed by atoms with E-state index in [4.69, 9.17) is 19.9 Å². The summed E-state index contributed by atoms with van der Waals surface area (Å²) in [6.45, 7) is 0. The van der Waals surface area contributed by atoms with Crippen LogP contribution in [0.2, 0.25) is 0 Å². The lowest BCUT2D eigenvalue weighted by atomic mass is 9.92. The molecule has 0 bridgehead atoms. The molecule has 0 aliphatic rings. The van der Waals surface area contributed by atoms with Gasteiger partial charge in [-0.15, -0.1) is 0 Å². The van der Waals surface area contributed by atoms with Crippen LogP contribution in [0.5, 0.6) is 0 Å². The van der Waals surface area contributed by atoms with Crippen LogP contribution < -0.4 is 0 Å². The van der Waals surface area contributed by atoms with Crippen LogP contribution in [0, 0.1) is 0 Å². The summed E-state index contributed by atoms with van der Waals surface area (Å²) in [5, 5.41) is 13.8. The zero-order valence-electron chi connectivity index (χ0n) is 30.1. The summed E-state index contributed by atoms with van der Waals surface area (Å²) in [7, 11) is 0. The molecule has 0 aliphatic heterocycles. The predicted octanol–water partition coefficient (Wildman–Crippen LogP) is 13.5. The third-order valence-corrected chi connectivity index (χ3v) is 11.4. The molecule has 12 rings (SSSR count). The molecule has 258 valence electrons. The van der Waals surface area contributed by atoms with E-state index in [9.17, 15) is 0 Å². The zero-order chi connectivity index (χ0) is 36.7. The molecule has 8 aromatic carbocycles. The highest BCUT2D eigenvalue weighted by molar-refractivity contribution is 6.29. The normalized spacial score (nSPS) is 11.9. The largest absolute Gasteiger partial charge is 0.256 e. The molecule has 0 aliphatic carbocycles. The average molecular weight is 711 g/mol. The van der Waals surface area contributed by atoms with E-state index in [1.807, 2.05) is 18.5 Å². The second kappa shape index (κ2) is 12.0. The standard InChI is InChI=1S/C52H30N4/c1-2-10-32(11-3-1)50-42-25-26-44-49(38-16-5-4-12-37(38)30-54-44)48(42)40-23-22-35(29-45(40)56-50)34-13-8-14-36(28-34)51-41-24-21-31-19-20-33-15-9-27-53-52(33)46(31)47(41)39-17-6-7-18-43(39)55-51/h1-30H. The first-order valence-corrected chi connectivity index (χ1v) is 19.0. The number of aromatic nitrogens is 4. The first kappa shape index (κ1) is 30.9. The summed E-state index contributed by atoms with van der Waals surface area (Å²) >= 11 is 0. The van der Waals surface area contributed by atoms with Crippen LogP contribution >= 0.6 is 0 Å². The molecule has 0 spiro atoms. The maximum absolute atomic E-state index is 5.42. The van der Waals surface area contributed by atoms with Gasteiger partial charge in [0.2, 0.25) is 0 Å². The van der Waals surface area contributed by atoms with Gasteiger partial charge in [-0.05, 0) is 58.3 Å². The van der Waals surface area contributed by atoms with Crippen LogP contribution in [0.15, 0.2) is 182 Å². The third-order valence-electron chi connectivity index (χ3n) is 11.4. The topological polar surface area (TPSA) is 51.6 Å². The van der Waals surface area contributed by atoms with E-state index in [0.29, 0.717) is 0 Å². The summed E-state index contributed by atoms with van der Waals surface area (Å²) in [6, 6.07) is 60.3. The van der Waals surface area contributed by atoms with Gasteiger partial charge < -0.3 is 0 Å². The quantitative estimate of drug-likeness (QED) is 0.171. The Morgan fingerprint density at radius 3 is 1.88 bits per heavy atom. The number of fused-ring (bicyclic) bond motifs is 14. The minimum absolute atomic E-state index is 0.944. The molecule has 0 N–H and O–H groups in total. The molecule has 0 amide bonds. The molecule has 0 saturated heterocycles. The van der Waals surface area contributed by atoms with Crippen molar-refractivity contribution in [1.29, 1.82) is 0 Å². The minimum Gasteiger partial charge on any atom is -0.256 e. The first-order chi connectivity index (χ1) is 27.8. The van der Waals surface area contributed by atoms with Crippen molar-refractivity contribution in [3.05, 3.63) is 182 Å². The molecule has 0 radical (unpaired) electrons. The van der Waals surface area contributed by atoms with E-state index < -0.39 is 0 Å². The van der Waals surface area contributed by atoms with Gasteiger partial charge in [0.1, 0.15) is 0 Å². The van der Waals surface area contributed by atoms with Gasteiger partial charge in [-0.25, -0.2) is 9.97 Å². The van der Waals surface area contributed by atoms with Crippen LogP contribution in [0.25, 0.3) is 120 Å². The van der Waals surface area contributed by atoms with Crippen molar-refractivity contribution in [3.8, 4) is 33.6 Å². The fraction of sp³-hybridized carbons (Fsp3) is 0. The fourth-order valence-corrected chi connectivity index (χ4v) is 8.90. The fourth-order valence-electron chi connectivity index (χ4n) is 8.90. The Bertz CT molecular complexity index is 3590. The number of hydrogen-bond donors (Lipinski definition) is 0. The monoisotopic (exact) mass is 710 g/mol. The highest BCUT2D eigenvalue weighted by Crippen LogP contribution is 2.42. The van der Waals surface area contributed by atoms with Gasteiger partial charge in [0, 0.05) is 77.4 Å². The summed E-state index contributed by atoms with van der Waals surface area (Å²) in [4.78, 5) is 20.6. The van der Waals surface area contributed by atoms with Crippen LogP contribution in [-0.4, -0.2) is 19.9 Å². The highest BCUT2D eigenvalue weighted by atomic mass is 14.7. The Balaban J connectivity index is 1.10. The average Bonchev–Trinajstić information content (AvgIpc) is 3.27. The minimum atomic E-state index is 0.944. The van der Waals surface area contributed by atoms with E-state index in [1.165, 1.54) is 21.5 Å². The summed E-state index contributed by atoms with van der Waals surface area (Å²) in [6.07, 6.45) is 3.87. The van der Waals surface area contributed by atoms with Crippen LogP contribution in [0.3, 0.4) is 0 Å². The van der Waals surface area contributed by atoms with Crippen molar-refractivity contribution < 1.29 is 0 Å². The molecular formula is C52H30N4. The number of rotatable bonds is 3. The molecule has 12 aromatic rings. The maximum Gasteiger partial charge on any atom is 0.0788 e. The molecular weight excluding hydrogens is 681 g/mol. The summed E-state index contributed by atoms with van der Waals surface area (Å²) < 4.78 is 0. The number of para-hydroxylation sites is 1. The Hall–Kier alpha value is -7.56. The van der Waals surface area contributed by atoms with E-state index in [0.717, 1.165) is 98.8 Å². The van der Waals surface area contributed by atoms with Gasteiger partial charge in [-0.3, -0.25) is 9.97 Å². The molecule has 4 heteroatoms. The van der Waals surface area contributed by atoms with Gasteiger partial charge in [0.25, 0.3) is 0 Å². The van der Waals surface area contributed by atoms with E-state index in [-0.39, 0.29) is 0 Å². The molecule has 4 nitrogen and oxygen atoms in total. The molecule has 56 heavy (non-hydrogen) atoms. The molecule has 0 atom stereocenters. The Morgan fingerprint density at radius 2 is 0.946 bits per heavy atom. The number of benzene rings is 8. The van der Waals surface area contributed by atoms with Crippen molar-refractivity contribution in [2.75, 3.05) is 0 Å². The Kier molecular flexibility index (Phi) is 6.60. The second-order valence-electron chi connectivity index (χ2n) is 14.6. The smallest absolute Gasteiger partial charge is 0.0788 e. The van der Waals surface area contributed by atoms with E-state index in [2.05, 4.69) is 164 Å². The number of pyridine rings is 4. The molecule has 0 saturated carbocycles. The first-order valence-electron chi connectivity index (χ1n) is 19.0. The zero-order valence-corrected chi connectivity index (χ0v) is 30.1. The SMILES string of the molecule is c1ccc(-c2nc3cc(-c4cccc(-c5nc6ccccc6c6c5ccc5ccc7cccnc7c56)c4)ccc3c3c2ccc2ncc4ccccc4c23)cc1. The van der Waals surface area contributed by atoms with Crippen LogP contribution in [0.1, 0.15) is 0 Å². The van der Waals surface area contributed by atoms with E-state index in [1.54, 1.807) is 0 Å². The summed E-state index contributed by atoms with van der Waals surface area (Å²) in [5.41, 5.74) is 10.2. The lowest BCUT2D eigenvalue weighted by molar-refractivity contribution is 1.42. The second-order valence-corrected chi connectivity index (χ2v) is 14.6. The molecule has 0 unspecified atom stereocenters. The Labute approximate surface area is 321 Å². The van der Waals surface area contributed by atoms with Gasteiger partial charge in [-0.1, -0.05) is 133 Å². The molecule has 4 aromatic heterocycles. The van der Waals surface area contributed by atoms with Crippen molar-refractivity contribution in [2.45, 2.75) is 0 Å². The van der Waals surface area contributed by atoms with Gasteiger partial charge >= 0.3 is 0 Å². The summed E-state index contributed by atoms with van der Waals surface area (Å²) in [5.74, 6) is 0. The lowest BCUT2D eigenvalue weighted by Gasteiger charge is -2.15. The van der Waals surface area contributed by atoms with Gasteiger partial charge in [0.15, 0.2) is 0 Å². The number of hydrogen-bond acceptors (Lipinski definition) is 4. The molecule has 0 fully saturated rings. The van der Waals surface area contributed by atoms with Crippen molar-refractivity contribution in [2.24, 2.45) is 0 Å². The van der Waals surface area contributed by atoms with Crippen molar-refractivity contribution in [3.63, 3.8) is 0 Å². The highest BCUT2D eigenvalue weighted by Gasteiger charge is 2.18. The van der Waals surface area contributed by atoms with Gasteiger partial charge in [0.05, 0.1) is 33.5 Å². The van der Waals surface area contributed by atoms with Crippen molar-refractivity contribution in [1.82, 2.24) is 19.9 Å². The number of nitrogens with zero attached hydrogens (tertiary/aromatic N) is 4. The van der Waals surface area contributed by atoms with Crippen LogP contribution in [-0.2, 0) is 0 Å². The Morgan fingerprint density at radius 1 is 0.304 bits per heavy atom. The van der Waals surface area contributed by atoms with Gasteiger partial charge in [-0.2, -0.15) is 0 Å². The lowest BCUT2D eigenvalue weighted by Crippen LogP contribution is -1.93. The maximum atomic E-state index is 5.42. The van der Waals surface area contributed by atoms with Crippen LogP contribution in [0.4, 0.5) is 0 Å². The van der Waals surface area contributed by atoms with Crippen molar-refractivity contribution >= 4 is 86.7 Å². The molecule has 4 heterocycles. The predicted molar refractivity (Wildman–Crippen MR) is 234 cm³/mol. The third kappa shape index (κ3) is 4.60. The van der Waals surface area contributed by atoms with E-state index >= 15 is 0 Å².